The van der Waals surface area contributed by atoms with Crippen molar-refractivity contribution in [1.82, 2.24) is 15.1 Å². The number of hydrogen-bond donors (Lipinski definition) is 2. The molecule has 2 heterocycles. The molecule has 0 atom stereocenters. The van der Waals surface area contributed by atoms with Gasteiger partial charge in [-0.1, -0.05) is 0 Å². The van der Waals surface area contributed by atoms with E-state index >= 15 is 0 Å². The minimum atomic E-state index is -0.204. The highest BCUT2D eigenvalue weighted by Crippen LogP contribution is 2.28. The van der Waals surface area contributed by atoms with Crippen LogP contribution in [0.5, 0.6) is 5.75 Å². The summed E-state index contributed by atoms with van der Waals surface area (Å²) >= 11 is 0. The van der Waals surface area contributed by atoms with Crippen LogP contribution in [0, 0.1) is 0 Å². The Morgan fingerprint density at radius 2 is 2.09 bits per heavy atom. The van der Waals surface area contributed by atoms with Gasteiger partial charge < -0.3 is 20.3 Å². The molecule has 0 spiro atoms. The molecule has 7 nitrogen and oxygen atoms in total. The van der Waals surface area contributed by atoms with Crippen molar-refractivity contribution in [3.63, 3.8) is 0 Å². The summed E-state index contributed by atoms with van der Waals surface area (Å²) in [7, 11) is 2.12. The summed E-state index contributed by atoms with van der Waals surface area (Å²) in [5, 5.41) is 5.64. The number of anilines is 1. The van der Waals surface area contributed by atoms with Crippen LogP contribution in [0.2, 0.25) is 0 Å². The van der Waals surface area contributed by atoms with Gasteiger partial charge in [0.2, 0.25) is 0 Å². The van der Waals surface area contributed by atoms with Crippen LogP contribution in [0.1, 0.15) is 10.4 Å². The number of amides is 2. The van der Waals surface area contributed by atoms with Gasteiger partial charge in [0.15, 0.2) is 6.61 Å². The lowest BCUT2D eigenvalue weighted by atomic mass is 10.1. The third-order valence-electron chi connectivity index (χ3n) is 4.18. The molecule has 1 fully saturated rings. The number of ether oxygens (including phenoxy) is 1. The standard InChI is InChI=1S/C16H22N4O3/c1-19-6-8-20(9-7-19)5-4-17-16(22)12-2-3-14-13(10-12)18-15(21)11-23-14/h2-3,10H,4-9,11H2,1H3,(H,17,22)(H,18,21). The molecule has 0 bridgehead atoms. The van der Waals surface area contributed by atoms with E-state index in [-0.39, 0.29) is 18.4 Å². The summed E-state index contributed by atoms with van der Waals surface area (Å²) < 4.78 is 5.29. The van der Waals surface area contributed by atoms with Crippen LogP contribution in [0.25, 0.3) is 0 Å². The van der Waals surface area contributed by atoms with Crippen LogP contribution >= 0.6 is 0 Å². The summed E-state index contributed by atoms with van der Waals surface area (Å²) in [5.41, 5.74) is 1.07. The van der Waals surface area contributed by atoms with Gasteiger partial charge in [0.05, 0.1) is 5.69 Å². The van der Waals surface area contributed by atoms with Crippen molar-refractivity contribution in [1.29, 1.82) is 0 Å². The van der Waals surface area contributed by atoms with E-state index in [1.54, 1.807) is 18.2 Å². The lowest BCUT2D eigenvalue weighted by molar-refractivity contribution is -0.118. The second kappa shape index (κ2) is 6.97. The molecule has 2 aliphatic rings. The van der Waals surface area contributed by atoms with Crippen LogP contribution in [-0.2, 0) is 4.79 Å². The first-order chi connectivity index (χ1) is 11.1. The fourth-order valence-electron chi connectivity index (χ4n) is 2.73. The van der Waals surface area contributed by atoms with E-state index < -0.39 is 0 Å². The maximum atomic E-state index is 12.2. The summed E-state index contributed by atoms with van der Waals surface area (Å²) in [4.78, 5) is 28.2. The van der Waals surface area contributed by atoms with E-state index in [2.05, 4.69) is 27.5 Å². The average molecular weight is 318 g/mol. The van der Waals surface area contributed by atoms with E-state index in [9.17, 15) is 9.59 Å². The predicted octanol–water partition coefficient (Wildman–Crippen LogP) is -0.00530. The largest absolute Gasteiger partial charge is 0.482 e. The number of hydrogen-bond acceptors (Lipinski definition) is 5. The minimum Gasteiger partial charge on any atom is -0.482 e. The lowest BCUT2D eigenvalue weighted by Crippen LogP contribution is -2.46. The van der Waals surface area contributed by atoms with E-state index in [1.165, 1.54) is 0 Å². The van der Waals surface area contributed by atoms with Crippen LogP contribution in [0.15, 0.2) is 18.2 Å². The molecule has 0 unspecified atom stereocenters. The molecule has 0 aromatic heterocycles. The Kier molecular flexibility index (Phi) is 4.78. The molecule has 0 saturated carbocycles. The predicted molar refractivity (Wildman–Crippen MR) is 86.8 cm³/mol. The number of likely N-dealkylation sites (N-methyl/N-ethyl adjacent to an activating group) is 1. The second-order valence-corrected chi connectivity index (χ2v) is 5.95. The number of carbonyl (C=O) groups excluding carboxylic acids is 2. The fraction of sp³-hybridized carbons (Fsp3) is 0.500. The maximum absolute atomic E-state index is 12.2. The van der Waals surface area contributed by atoms with Gasteiger partial charge in [0, 0.05) is 44.8 Å². The van der Waals surface area contributed by atoms with Gasteiger partial charge in [-0.15, -0.1) is 0 Å². The summed E-state index contributed by atoms with van der Waals surface area (Å²) in [6, 6.07) is 5.07. The molecule has 7 heteroatoms. The first-order valence-electron chi connectivity index (χ1n) is 7.87. The van der Waals surface area contributed by atoms with Crippen LogP contribution < -0.4 is 15.4 Å². The third-order valence-corrected chi connectivity index (χ3v) is 4.18. The summed E-state index contributed by atoms with van der Waals surface area (Å²) in [6.07, 6.45) is 0. The molecule has 124 valence electrons. The number of nitrogens with zero attached hydrogens (tertiary/aromatic N) is 2. The van der Waals surface area contributed by atoms with E-state index in [1.807, 2.05) is 0 Å². The molecule has 23 heavy (non-hydrogen) atoms. The smallest absolute Gasteiger partial charge is 0.262 e. The maximum Gasteiger partial charge on any atom is 0.262 e. The Hall–Kier alpha value is -2.12. The molecule has 0 aliphatic carbocycles. The van der Waals surface area contributed by atoms with Crippen molar-refractivity contribution < 1.29 is 14.3 Å². The minimum absolute atomic E-state index is 0.0174. The Balaban J connectivity index is 1.50. The Morgan fingerprint density at radius 3 is 2.87 bits per heavy atom. The molecule has 3 rings (SSSR count). The van der Waals surface area contributed by atoms with Gasteiger partial charge >= 0.3 is 0 Å². The van der Waals surface area contributed by atoms with Crippen molar-refractivity contribution >= 4 is 17.5 Å². The zero-order chi connectivity index (χ0) is 16.2. The van der Waals surface area contributed by atoms with Crippen LogP contribution in [0.4, 0.5) is 5.69 Å². The number of piperazine rings is 1. The Bertz CT molecular complexity index is 597. The quantitative estimate of drug-likeness (QED) is 0.817. The highest BCUT2D eigenvalue weighted by molar-refractivity contribution is 5.99. The lowest BCUT2D eigenvalue weighted by Gasteiger charge is -2.32. The third kappa shape index (κ3) is 4.00. The van der Waals surface area contributed by atoms with Gasteiger partial charge in [-0.3, -0.25) is 14.5 Å². The molecule has 1 saturated heterocycles. The highest BCUT2D eigenvalue weighted by Gasteiger charge is 2.18. The molecule has 2 aliphatic heterocycles. The van der Waals surface area contributed by atoms with Gasteiger partial charge in [-0.25, -0.2) is 0 Å². The zero-order valence-corrected chi connectivity index (χ0v) is 13.3. The molecular weight excluding hydrogens is 296 g/mol. The van der Waals surface area contributed by atoms with Crippen LogP contribution in [0.3, 0.4) is 0 Å². The molecule has 1 aromatic carbocycles. The normalized spacial score (nSPS) is 18.7. The SMILES string of the molecule is CN1CCN(CCNC(=O)c2ccc3c(c2)NC(=O)CO3)CC1. The van der Waals surface area contributed by atoms with Crippen molar-refractivity contribution in [3.8, 4) is 5.75 Å². The van der Waals surface area contributed by atoms with Crippen molar-refractivity contribution in [3.05, 3.63) is 23.8 Å². The Morgan fingerprint density at radius 1 is 1.30 bits per heavy atom. The van der Waals surface area contributed by atoms with E-state index in [0.29, 0.717) is 23.5 Å². The number of fused-ring (bicyclic) bond motifs is 1. The fourth-order valence-corrected chi connectivity index (χ4v) is 2.73. The van der Waals surface area contributed by atoms with E-state index in [0.717, 1.165) is 32.7 Å². The number of carbonyl (C=O) groups is 2. The highest BCUT2D eigenvalue weighted by atomic mass is 16.5. The average Bonchev–Trinajstić information content (AvgIpc) is 2.56. The van der Waals surface area contributed by atoms with Gasteiger partial charge in [-0.2, -0.15) is 0 Å². The number of rotatable bonds is 4. The van der Waals surface area contributed by atoms with Crippen LogP contribution in [-0.4, -0.2) is 74.5 Å². The van der Waals surface area contributed by atoms with Crippen molar-refractivity contribution in [2.45, 2.75) is 0 Å². The zero-order valence-electron chi connectivity index (χ0n) is 13.3. The topological polar surface area (TPSA) is 73.9 Å². The summed E-state index contributed by atoms with van der Waals surface area (Å²) in [6.45, 7) is 5.69. The molecular formula is C16H22N4O3. The van der Waals surface area contributed by atoms with Crippen molar-refractivity contribution in [2.75, 3.05) is 58.2 Å². The number of nitrogens with one attached hydrogen (secondary N) is 2. The van der Waals surface area contributed by atoms with Gasteiger partial charge in [0.25, 0.3) is 11.8 Å². The number of benzene rings is 1. The van der Waals surface area contributed by atoms with Crippen molar-refractivity contribution in [2.24, 2.45) is 0 Å². The summed E-state index contributed by atoms with van der Waals surface area (Å²) in [5.74, 6) is 0.255. The first-order valence-corrected chi connectivity index (χ1v) is 7.87. The van der Waals surface area contributed by atoms with Gasteiger partial charge in [0.1, 0.15) is 5.75 Å². The molecule has 1 aromatic rings. The van der Waals surface area contributed by atoms with Gasteiger partial charge in [-0.05, 0) is 25.2 Å². The first kappa shape index (κ1) is 15.8. The molecule has 2 N–H and O–H groups in total. The molecule has 2 amide bonds. The molecule has 0 radical (unpaired) electrons. The Labute approximate surface area is 135 Å². The van der Waals surface area contributed by atoms with E-state index in [4.69, 9.17) is 4.74 Å². The second-order valence-electron chi connectivity index (χ2n) is 5.95. The monoisotopic (exact) mass is 318 g/mol.